The van der Waals surface area contributed by atoms with E-state index in [0.29, 0.717) is 18.1 Å². The topological polar surface area (TPSA) is 38.7 Å². The number of aromatic nitrogens is 3. The quantitative estimate of drug-likeness (QED) is 0.270. The van der Waals surface area contributed by atoms with Gasteiger partial charge in [-0.15, -0.1) is 6.42 Å². The molecule has 1 heterocycles. The van der Waals surface area contributed by atoms with Crippen LogP contribution in [0.3, 0.4) is 0 Å². The van der Waals surface area contributed by atoms with Crippen LogP contribution in [0.2, 0.25) is 0 Å². The highest BCUT2D eigenvalue weighted by molar-refractivity contribution is 5.88. The van der Waals surface area contributed by atoms with Crippen molar-refractivity contribution in [3.8, 4) is 35.1 Å². The van der Waals surface area contributed by atoms with Gasteiger partial charge in [0, 0.05) is 17.5 Å². The van der Waals surface area contributed by atoms with Gasteiger partial charge in [-0.05, 0) is 54.8 Å². The van der Waals surface area contributed by atoms with E-state index < -0.39 is 0 Å². The van der Waals surface area contributed by atoms with Crippen LogP contribution < -0.4 is 0 Å². The maximum atomic E-state index is 5.35. The number of nitrogens with zero attached hydrogens (tertiary/aromatic N) is 3. The first-order valence-electron chi connectivity index (χ1n) is 10.6. The van der Waals surface area contributed by atoms with Crippen molar-refractivity contribution in [3.05, 3.63) is 101 Å². The van der Waals surface area contributed by atoms with E-state index >= 15 is 0 Å². The predicted octanol–water partition coefficient (Wildman–Crippen LogP) is 6.65. The van der Waals surface area contributed by atoms with Crippen LogP contribution in [0.5, 0.6) is 0 Å². The van der Waals surface area contributed by atoms with Crippen LogP contribution in [-0.4, -0.2) is 15.0 Å². The molecule has 0 aliphatic carbocycles. The molecule has 3 nitrogen and oxygen atoms in total. The molecule has 4 aromatic rings. The van der Waals surface area contributed by atoms with E-state index in [9.17, 15) is 0 Å². The Hall–Kier alpha value is -4.03. The summed E-state index contributed by atoms with van der Waals surface area (Å²) in [5.74, 6) is 4.65. The summed E-state index contributed by atoms with van der Waals surface area (Å²) in [7, 11) is 0. The molecule has 0 unspecified atom stereocenters. The molecule has 0 amide bonds. The first-order valence-corrected chi connectivity index (χ1v) is 10.6. The van der Waals surface area contributed by atoms with E-state index in [-0.39, 0.29) is 0 Å². The number of hydrogen-bond acceptors (Lipinski definition) is 3. The normalized spacial score (nSPS) is 11.8. The Kier molecular flexibility index (Phi) is 6.24. The molecule has 0 spiro atoms. The number of terminal acetylenes is 1. The van der Waals surface area contributed by atoms with Gasteiger partial charge in [0.25, 0.3) is 0 Å². The maximum absolute atomic E-state index is 5.35. The summed E-state index contributed by atoms with van der Waals surface area (Å²) < 4.78 is 0. The molecule has 0 aliphatic heterocycles. The van der Waals surface area contributed by atoms with Gasteiger partial charge in [0.1, 0.15) is 5.82 Å². The summed E-state index contributed by atoms with van der Waals surface area (Å²) in [6.07, 6.45) is 11.7. The van der Waals surface area contributed by atoms with Gasteiger partial charge in [-0.2, -0.15) is 0 Å². The van der Waals surface area contributed by atoms with Gasteiger partial charge < -0.3 is 0 Å². The molecule has 0 bridgehead atoms. The van der Waals surface area contributed by atoms with Gasteiger partial charge in [0.2, 0.25) is 0 Å². The Balaban J connectivity index is 1.82. The first kappa shape index (κ1) is 21.2. The molecule has 156 valence electrons. The van der Waals surface area contributed by atoms with Crippen molar-refractivity contribution in [1.29, 1.82) is 0 Å². The number of hydrogen-bond donors (Lipinski definition) is 0. The van der Waals surface area contributed by atoms with Crippen LogP contribution in [0.15, 0.2) is 84.5 Å². The minimum Gasteiger partial charge on any atom is -0.213 e. The summed E-state index contributed by atoms with van der Waals surface area (Å²) in [6.45, 7) is 6.15. The molecular formula is C29H25N3. The molecule has 0 radical (unpaired) electrons. The standard InChI is InChI=1S/C29H25N3/c1-5-9-20(2)10-8-13-27-30-28(23-16-14-21(3)15-17-23)32-29(31-27)26-19-25-12-7-6-11-24(25)18-22(26)4/h1,6-12,14-19H,13H2,2-4H3/b10-8-,20-9-. The Morgan fingerprint density at radius 2 is 1.59 bits per heavy atom. The molecule has 0 aliphatic rings. The summed E-state index contributed by atoms with van der Waals surface area (Å²) >= 11 is 0. The molecule has 32 heavy (non-hydrogen) atoms. The third kappa shape index (κ3) is 4.82. The second-order valence-corrected chi connectivity index (χ2v) is 7.94. The predicted molar refractivity (Wildman–Crippen MR) is 133 cm³/mol. The monoisotopic (exact) mass is 415 g/mol. The van der Waals surface area contributed by atoms with E-state index in [1.807, 2.05) is 19.1 Å². The van der Waals surface area contributed by atoms with Crippen LogP contribution in [0, 0.1) is 26.2 Å². The Bertz CT molecular complexity index is 1370. The number of rotatable bonds is 5. The maximum Gasteiger partial charge on any atom is 0.164 e. The SMILES string of the molecule is C#C/C=C(C)\C=C/Cc1nc(-c2ccc(C)cc2)nc(-c2cc3ccccc3cc2C)n1. The molecule has 4 rings (SSSR count). The zero-order valence-electron chi connectivity index (χ0n) is 18.6. The van der Waals surface area contributed by atoms with Gasteiger partial charge in [-0.25, -0.2) is 15.0 Å². The molecule has 0 saturated heterocycles. The number of allylic oxidation sites excluding steroid dienone is 4. The molecule has 0 N–H and O–H groups in total. The molecular weight excluding hydrogens is 390 g/mol. The summed E-state index contributed by atoms with van der Waals surface area (Å²) in [4.78, 5) is 14.4. The zero-order valence-corrected chi connectivity index (χ0v) is 18.6. The Morgan fingerprint density at radius 1 is 0.906 bits per heavy atom. The van der Waals surface area contributed by atoms with E-state index in [1.54, 1.807) is 6.08 Å². The second-order valence-electron chi connectivity index (χ2n) is 7.94. The fourth-order valence-corrected chi connectivity index (χ4v) is 3.59. The van der Waals surface area contributed by atoms with Crippen molar-refractivity contribution in [3.63, 3.8) is 0 Å². The van der Waals surface area contributed by atoms with Crippen LogP contribution in [0.25, 0.3) is 33.5 Å². The van der Waals surface area contributed by atoms with Gasteiger partial charge in [0.05, 0.1) is 0 Å². The second kappa shape index (κ2) is 9.41. The largest absolute Gasteiger partial charge is 0.213 e. The first-order chi connectivity index (χ1) is 15.5. The van der Waals surface area contributed by atoms with Crippen LogP contribution in [0.1, 0.15) is 23.9 Å². The van der Waals surface area contributed by atoms with Crippen LogP contribution in [0.4, 0.5) is 0 Å². The molecule has 0 saturated carbocycles. The highest BCUT2D eigenvalue weighted by Crippen LogP contribution is 2.28. The Morgan fingerprint density at radius 3 is 2.31 bits per heavy atom. The van der Waals surface area contributed by atoms with E-state index in [0.717, 1.165) is 28.1 Å². The van der Waals surface area contributed by atoms with Gasteiger partial charge in [0.15, 0.2) is 11.6 Å². The lowest BCUT2D eigenvalue weighted by Gasteiger charge is -2.10. The highest BCUT2D eigenvalue weighted by Gasteiger charge is 2.13. The molecule has 3 heteroatoms. The van der Waals surface area contributed by atoms with Crippen molar-refractivity contribution < 1.29 is 0 Å². The summed E-state index contributed by atoms with van der Waals surface area (Å²) in [5, 5.41) is 2.38. The fourth-order valence-electron chi connectivity index (χ4n) is 3.59. The third-order valence-corrected chi connectivity index (χ3v) is 5.32. The van der Waals surface area contributed by atoms with E-state index in [4.69, 9.17) is 21.4 Å². The highest BCUT2D eigenvalue weighted by atomic mass is 15.0. The van der Waals surface area contributed by atoms with Gasteiger partial charge in [-0.3, -0.25) is 0 Å². The van der Waals surface area contributed by atoms with Crippen molar-refractivity contribution >= 4 is 10.8 Å². The molecule has 0 fully saturated rings. The average molecular weight is 416 g/mol. The van der Waals surface area contributed by atoms with Crippen molar-refractivity contribution in [2.45, 2.75) is 27.2 Å². The minimum atomic E-state index is 0.594. The summed E-state index contributed by atoms with van der Waals surface area (Å²) in [6, 6.07) is 21.0. The molecule has 0 atom stereocenters. The van der Waals surface area contributed by atoms with Crippen molar-refractivity contribution in [2.75, 3.05) is 0 Å². The summed E-state index contributed by atoms with van der Waals surface area (Å²) in [5.41, 5.74) is 5.36. The Labute approximate surface area is 189 Å². The third-order valence-electron chi connectivity index (χ3n) is 5.32. The average Bonchev–Trinajstić information content (AvgIpc) is 2.79. The number of fused-ring (bicyclic) bond motifs is 1. The number of aryl methyl sites for hydroxylation is 2. The molecule has 3 aromatic carbocycles. The minimum absolute atomic E-state index is 0.594. The lowest BCUT2D eigenvalue weighted by Crippen LogP contribution is -2.03. The van der Waals surface area contributed by atoms with Crippen LogP contribution >= 0.6 is 0 Å². The van der Waals surface area contributed by atoms with Gasteiger partial charge >= 0.3 is 0 Å². The van der Waals surface area contributed by atoms with Crippen molar-refractivity contribution in [1.82, 2.24) is 15.0 Å². The lowest BCUT2D eigenvalue weighted by molar-refractivity contribution is 0.946. The van der Waals surface area contributed by atoms with Crippen molar-refractivity contribution in [2.24, 2.45) is 0 Å². The van der Waals surface area contributed by atoms with E-state index in [1.165, 1.54) is 16.3 Å². The smallest absolute Gasteiger partial charge is 0.164 e. The van der Waals surface area contributed by atoms with Gasteiger partial charge in [-0.1, -0.05) is 78.2 Å². The fraction of sp³-hybridized carbons (Fsp3) is 0.138. The van der Waals surface area contributed by atoms with E-state index in [2.05, 4.69) is 80.4 Å². The number of benzene rings is 3. The molecule has 1 aromatic heterocycles. The van der Waals surface area contributed by atoms with Crippen LogP contribution in [-0.2, 0) is 6.42 Å². The zero-order chi connectivity index (χ0) is 22.5. The lowest BCUT2D eigenvalue weighted by atomic mass is 10.0.